The Hall–Kier alpha value is -1.51. The Morgan fingerprint density at radius 2 is 2.00 bits per heavy atom. The Morgan fingerprint density at radius 1 is 1.31 bits per heavy atom. The van der Waals surface area contributed by atoms with Crippen LogP contribution in [0.2, 0.25) is 0 Å². The van der Waals surface area contributed by atoms with Crippen LogP contribution >= 0.6 is 0 Å². The van der Waals surface area contributed by atoms with Crippen molar-refractivity contribution in [1.82, 2.24) is 0 Å². The van der Waals surface area contributed by atoms with Crippen LogP contribution in [0.4, 0.5) is 5.69 Å². The molecule has 0 bridgehead atoms. The number of aliphatic imine (C=N–C) groups is 1. The molecule has 1 aromatic rings. The van der Waals surface area contributed by atoms with Gasteiger partial charge in [-0.2, -0.15) is 0 Å². The highest BCUT2D eigenvalue weighted by molar-refractivity contribution is 5.92. The minimum absolute atomic E-state index is 0.469. The van der Waals surface area contributed by atoms with Gasteiger partial charge in [-0.15, -0.1) is 0 Å². The van der Waals surface area contributed by atoms with Crippen molar-refractivity contribution >= 4 is 11.6 Å². The summed E-state index contributed by atoms with van der Waals surface area (Å²) in [5, 5.41) is 3.04. The van der Waals surface area contributed by atoms with Crippen LogP contribution in [0.5, 0.6) is 0 Å². The van der Waals surface area contributed by atoms with Crippen LogP contribution in [-0.2, 0) is 0 Å². The van der Waals surface area contributed by atoms with E-state index in [1.165, 1.54) is 12.8 Å². The van der Waals surface area contributed by atoms with E-state index < -0.39 is 0 Å². The molecule has 0 aliphatic heterocycles. The molecule has 1 fully saturated rings. The zero-order valence-electron chi connectivity index (χ0n) is 7.40. The smallest absolute Gasteiger partial charge is 0.193 e. The van der Waals surface area contributed by atoms with Gasteiger partial charge in [-0.05, 0) is 25.0 Å². The summed E-state index contributed by atoms with van der Waals surface area (Å²) in [5.74, 6) is 0.522. The molecule has 0 saturated heterocycles. The van der Waals surface area contributed by atoms with Gasteiger partial charge in [-0.25, -0.2) is 4.99 Å². The van der Waals surface area contributed by atoms with E-state index in [-0.39, 0.29) is 0 Å². The molecule has 0 unspecified atom stereocenters. The summed E-state index contributed by atoms with van der Waals surface area (Å²) in [4.78, 5) is 4.27. The van der Waals surface area contributed by atoms with Gasteiger partial charge in [0.2, 0.25) is 0 Å². The van der Waals surface area contributed by atoms with Gasteiger partial charge in [-0.1, -0.05) is 18.2 Å². The minimum atomic E-state index is 0.469. The van der Waals surface area contributed by atoms with Crippen LogP contribution < -0.4 is 11.1 Å². The van der Waals surface area contributed by atoms with Crippen LogP contribution in [0.25, 0.3) is 0 Å². The van der Waals surface area contributed by atoms with E-state index in [0.29, 0.717) is 12.0 Å². The molecule has 68 valence electrons. The van der Waals surface area contributed by atoms with E-state index in [1.807, 2.05) is 30.3 Å². The lowest BCUT2D eigenvalue weighted by molar-refractivity contribution is 1.06. The first-order valence-electron chi connectivity index (χ1n) is 4.50. The van der Waals surface area contributed by atoms with Crippen molar-refractivity contribution in [3.05, 3.63) is 30.3 Å². The maximum atomic E-state index is 5.69. The predicted octanol–water partition coefficient (Wildman–Crippen LogP) is 1.58. The standard InChI is InChI=1S/C10H13N3/c11-10(13-9-6-7-9)12-8-4-2-1-3-5-8/h1-5,9H,6-7H2,(H3,11,12,13). The highest BCUT2D eigenvalue weighted by atomic mass is 15.1. The average Bonchev–Trinajstić information content (AvgIpc) is 2.90. The molecule has 0 atom stereocenters. The Balaban J connectivity index is 1.97. The normalized spacial score (nSPS) is 17.1. The number of rotatable bonds is 2. The number of guanidine groups is 1. The molecule has 0 radical (unpaired) electrons. The van der Waals surface area contributed by atoms with Crippen molar-refractivity contribution < 1.29 is 0 Å². The molecule has 0 spiro atoms. The molecule has 3 nitrogen and oxygen atoms in total. The first kappa shape index (κ1) is 8.10. The molecule has 1 saturated carbocycles. The number of hydrogen-bond acceptors (Lipinski definition) is 1. The molecule has 1 aromatic carbocycles. The zero-order valence-corrected chi connectivity index (χ0v) is 7.40. The fourth-order valence-electron chi connectivity index (χ4n) is 1.10. The summed E-state index contributed by atoms with van der Waals surface area (Å²) in [6.07, 6.45) is 2.36. The number of nitrogens with one attached hydrogen (secondary N) is 1. The molecule has 0 heterocycles. The Labute approximate surface area is 77.7 Å². The van der Waals surface area contributed by atoms with Crippen LogP contribution in [-0.4, -0.2) is 12.0 Å². The number of nitrogens with two attached hydrogens (primary N) is 1. The minimum Gasteiger partial charge on any atom is -0.370 e. The Morgan fingerprint density at radius 3 is 2.62 bits per heavy atom. The second-order valence-corrected chi connectivity index (χ2v) is 3.24. The van der Waals surface area contributed by atoms with Crippen molar-refractivity contribution in [3.63, 3.8) is 0 Å². The third-order valence-electron chi connectivity index (χ3n) is 1.91. The summed E-state index contributed by atoms with van der Waals surface area (Å²) >= 11 is 0. The van der Waals surface area contributed by atoms with E-state index in [1.54, 1.807) is 0 Å². The molecule has 0 aromatic heterocycles. The molecule has 3 heteroatoms. The van der Waals surface area contributed by atoms with Crippen molar-refractivity contribution in [2.75, 3.05) is 5.32 Å². The molecule has 13 heavy (non-hydrogen) atoms. The number of anilines is 1. The topological polar surface area (TPSA) is 50.4 Å². The summed E-state index contributed by atoms with van der Waals surface area (Å²) in [6.45, 7) is 0. The number of para-hydroxylation sites is 1. The predicted molar refractivity (Wildman–Crippen MR) is 54.7 cm³/mol. The van der Waals surface area contributed by atoms with Gasteiger partial charge in [0.15, 0.2) is 5.96 Å². The van der Waals surface area contributed by atoms with Gasteiger partial charge in [0.05, 0.1) is 6.04 Å². The lowest BCUT2D eigenvalue weighted by Crippen LogP contribution is -2.22. The van der Waals surface area contributed by atoms with Gasteiger partial charge >= 0.3 is 0 Å². The third-order valence-corrected chi connectivity index (χ3v) is 1.91. The van der Waals surface area contributed by atoms with E-state index in [2.05, 4.69) is 10.3 Å². The second-order valence-electron chi connectivity index (χ2n) is 3.24. The number of benzene rings is 1. The van der Waals surface area contributed by atoms with Crippen LogP contribution in [0.15, 0.2) is 35.3 Å². The molecular weight excluding hydrogens is 162 g/mol. The van der Waals surface area contributed by atoms with Crippen molar-refractivity contribution in [2.45, 2.75) is 18.9 Å². The SMILES string of the molecule is NC(=NC1CC1)Nc1ccccc1. The lowest BCUT2D eigenvalue weighted by atomic mass is 10.3. The Bertz CT molecular complexity index is 301. The number of hydrogen-bond donors (Lipinski definition) is 2. The second kappa shape index (κ2) is 3.47. The van der Waals surface area contributed by atoms with Crippen molar-refractivity contribution in [1.29, 1.82) is 0 Å². The van der Waals surface area contributed by atoms with Crippen molar-refractivity contribution in [3.8, 4) is 0 Å². The fraction of sp³-hybridized carbons (Fsp3) is 0.300. The lowest BCUT2D eigenvalue weighted by Gasteiger charge is -2.03. The van der Waals surface area contributed by atoms with Gasteiger partial charge in [-0.3, -0.25) is 0 Å². The maximum absolute atomic E-state index is 5.69. The molecule has 2 rings (SSSR count). The molecular formula is C10H13N3. The summed E-state index contributed by atoms with van der Waals surface area (Å²) in [6, 6.07) is 10.3. The quantitative estimate of drug-likeness (QED) is 0.529. The molecule has 1 aliphatic carbocycles. The molecule has 0 amide bonds. The van der Waals surface area contributed by atoms with E-state index >= 15 is 0 Å². The third kappa shape index (κ3) is 2.47. The fourth-order valence-corrected chi connectivity index (χ4v) is 1.10. The van der Waals surface area contributed by atoms with Crippen molar-refractivity contribution in [2.24, 2.45) is 10.7 Å². The maximum Gasteiger partial charge on any atom is 0.193 e. The highest BCUT2D eigenvalue weighted by Crippen LogP contribution is 2.23. The van der Waals surface area contributed by atoms with E-state index in [0.717, 1.165) is 5.69 Å². The number of nitrogens with zero attached hydrogens (tertiary/aromatic N) is 1. The molecule has 3 N–H and O–H groups in total. The van der Waals surface area contributed by atoms with Crippen LogP contribution in [0.1, 0.15) is 12.8 Å². The summed E-state index contributed by atoms with van der Waals surface area (Å²) in [5.41, 5.74) is 6.68. The first-order valence-corrected chi connectivity index (χ1v) is 4.50. The van der Waals surface area contributed by atoms with E-state index in [9.17, 15) is 0 Å². The largest absolute Gasteiger partial charge is 0.370 e. The summed E-state index contributed by atoms with van der Waals surface area (Å²) in [7, 11) is 0. The van der Waals surface area contributed by atoms with Gasteiger partial charge in [0, 0.05) is 5.69 Å². The van der Waals surface area contributed by atoms with Gasteiger partial charge in [0.25, 0.3) is 0 Å². The van der Waals surface area contributed by atoms with E-state index in [4.69, 9.17) is 5.73 Å². The average molecular weight is 175 g/mol. The zero-order chi connectivity index (χ0) is 9.10. The highest BCUT2D eigenvalue weighted by Gasteiger charge is 2.20. The molecule has 1 aliphatic rings. The van der Waals surface area contributed by atoms with Gasteiger partial charge in [0.1, 0.15) is 0 Å². The summed E-state index contributed by atoms with van der Waals surface area (Å²) < 4.78 is 0. The Kier molecular flexibility index (Phi) is 2.17. The monoisotopic (exact) mass is 175 g/mol. The van der Waals surface area contributed by atoms with Crippen LogP contribution in [0.3, 0.4) is 0 Å². The van der Waals surface area contributed by atoms with Gasteiger partial charge < -0.3 is 11.1 Å². The van der Waals surface area contributed by atoms with Crippen LogP contribution in [0, 0.1) is 0 Å². The first-order chi connectivity index (χ1) is 6.34.